The van der Waals surface area contributed by atoms with Crippen molar-refractivity contribution in [2.24, 2.45) is 5.41 Å². The van der Waals surface area contributed by atoms with E-state index in [0.717, 1.165) is 12.1 Å². The third-order valence-corrected chi connectivity index (χ3v) is 2.45. The molecule has 6 heteroatoms. The predicted molar refractivity (Wildman–Crippen MR) is 61.2 cm³/mol. The average Bonchev–Trinajstić information content (AvgIpc) is 2.31. The molecule has 0 saturated carbocycles. The van der Waals surface area contributed by atoms with E-state index in [1.807, 2.05) is 0 Å². The summed E-state index contributed by atoms with van der Waals surface area (Å²) in [4.78, 5) is 22.5. The van der Waals surface area contributed by atoms with Crippen molar-refractivity contribution in [3.8, 4) is 6.07 Å². The van der Waals surface area contributed by atoms with Gasteiger partial charge in [0.15, 0.2) is 0 Å². The molecule has 0 unspecified atom stereocenters. The maximum atomic E-state index is 13.0. The Bertz CT molecular complexity index is 547. The van der Waals surface area contributed by atoms with Crippen LogP contribution in [0.2, 0.25) is 0 Å². The first-order valence-electron chi connectivity index (χ1n) is 5.03. The van der Waals surface area contributed by atoms with Crippen molar-refractivity contribution in [2.75, 3.05) is 5.32 Å². The molecule has 0 aliphatic carbocycles. The number of nitrogens with one attached hydrogen (secondary N) is 1. The van der Waals surface area contributed by atoms with Crippen molar-refractivity contribution >= 4 is 17.6 Å². The quantitative estimate of drug-likeness (QED) is 0.799. The fourth-order valence-electron chi connectivity index (χ4n) is 1.07. The number of hydrogen-bond acceptors (Lipinski definition) is 3. The van der Waals surface area contributed by atoms with Gasteiger partial charge in [-0.05, 0) is 32.0 Å². The SMILES string of the molecule is CC(C)(C(=O)O)C(=O)Nc1ccc(F)c(C#N)c1. The van der Waals surface area contributed by atoms with Crippen LogP contribution in [0.3, 0.4) is 0 Å². The second-order valence-corrected chi connectivity index (χ2v) is 4.19. The van der Waals surface area contributed by atoms with Crippen LogP contribution in [0.4, 0.5) is 10.1 Å². The first-order valence-corrected chi connectivity index (χ1v) is 5.03. The van der Waals surface area contributed by atoms with E-state index >= 15 is 0 Å². The van der Waals surface area contributed by atoms with Crippen LogP contribution in [-0.2, 0) is 9.59 Å². The highest BCUT2D eigenvalue weighted by molar-refractivity contribution is 6.07. The highest BCUT2D eigenvalue weighted by Gasteiger charge is 2.36. The number of carboxylic acid groups (broad SMARTS) is 1. The van der Waals surface area contributed by atoms with E-state index in [9.17, 15) is 14.0 Å². The third-order valence-electron chi connectivity index (χ3n) is 2.45. The van der Waals surface area contributed by atoms with Crippen LogP contribution in [0.15, 0.2) is 18.2 Å². The molecule has 2 N–H and O–H groups in total. The van der Waals surface area contributed by atoms with Gasteiger partial charge in [-0.15, -0.1) is 0 Å². The molecule has 18 heavy (non-hydrogen) atoms. The summed E-state index contributed by atoms with van der Waals surface area (Å²) in [6.07, 6.45) is 0. The van der Waals surface area contributed by atoms with Crippen LogP contribution in [0.5, 0.6) is 0 Å². The van der Waals surface area contributed by atoms with Crippen LogP contribution in [0.25, 0.3) is 0 Å². The number of aliphatic carboxylic acids is 1. The molecule has 0 atom stereocenters. The van der Waals surface area contributed by atoms with Crippen LogP contribution >= 0.6 is 0 Å². The molecule has 0 spiro atoms. The number of anilines is 1. The molecule has 1 amide bonds. The Morgan fingerprint density at radius 3 is 2.56 bits per heavy atom. The Morgan fingerprint density at radius 2 is 2.06 bits per heavy atom. The molecule has 0 aliphatic rings. The van der Waals surface area contributed by atoms with E-state index in [0.29, 0.717) is 0 Å². The Morgan fingerprint density at radius 1 is 1.44 bits per heavy atom. The maximum Gasteiger partial charge on any atom is 0.318 e. The molecule has 94 valence electrons. The predicted octanol–water partition coefficient (Wildman–Crippen LogP) is 1.75. The monoisotopic (exact) mass is 250 g/mol. The Kier molecular flexibility index (Phi) is 3.67. The van der Waals surface area contributed by atoms with Crippen molar-refractivity contribution in [3.63, 3.8) is 0 Å². The van der Waals surface area contributed by atoms with Gasteiger partial charge in [0.1, 0.15) is 17.3 Å². The zero-order chi connectivity index (χ0) is 13.9. The average molecular weight is 250 g/mol. The van der Waals surface area contributed by atoms with Crippen molar-refractivity contribution in [3.05, 3.63) is 29.6 Å². The van der Waals surface area contributed by atoms with Gasteiger partial charge in [0.2, 0.25) is 5.91 Å². The molecular formula is C12H11FN2O3. The fourth-order valence-corrected chi connectivity index (χ4v) is 1.07. The molecule has 0 aromatic heterocycles. The van der Waals surface area contributed by atoms with Gasteiger partial charge in [-0.3, -0.25) is 9.59 Å². The van der Waals surface area contributed by atoms with E-state index in [1.54, 1.807) is 6.07 Å². The number of rotatable bonds is 3. The van der Waals surface area contributed by atoms with E-state index < -0.39 is 23.1 Å². The van der Waals surface area contributed by atoms with Crippen molar-refractivity contribution in [2.45, 2.75) is 13.8 Å². The summed E-state index contributed by atoms with van der Waals surface area (Å²) in [6, 6.07) is 5.06. The lowest BCUT2D eigenvalue weighted by atomic mass is 9.92. The molecule has 0 aliphatic heterocycles. The van der Waals surface area contributed by atoms with Gasteiger partial charge < -0.3 is 10.4 Å². The molecule has 0 bridgehead atoms. The number of nitriles is 1. The largest absolute Gasteiger partial charge is 0.480 e. The van der Waals surface area contributed by atoms with Gasteiger partial charge in [0.25, 0.3) is 0 Å². The van der Waals surface area contributed by atoms with Gasteiger partial charge in [-0.2, -0.15) is 5.26 Å². The molecule has 1 aromatic rings. The zero-order valence-corrected chi connectivity index (χ0v) is 9.82. The molecule has 0 radical (unpaired) electrons. The smallest absolute Gasteiger partial charge is 0.318 e. The molecule has 5 nitrogen and oxygen atoms in total. The van der Waals surface area contributed by atoms with Crippen molar-refractivity contribution in [1.29, 1.82) is 5.26 Å². The number of hydrogen-bond donors (Lipinski definition) is 2. The van der Waals surface area contributed by atoms with E-state index in [1.165, 1.54) is 19.9 Å². The van der Waals surface area contributed by atoms with Crippen LogP contribution < -0.4 is 5.32 Å². The van der Waals surface area contributed by atoms with Crippen molar-refractivity contribution in [1.82, 2.24) is 0 Å². The second kappa shape index (κ2) is 4.84. The summed E-state index contributed by atoms with van der Waals surface area (Å²) in [6.45, 7) is 2.50. The van der Waals surface area contributed by atoms with Crippen molar-refractivity contribution < 1.29 is 19.1 Å². The van der Waals surface area contributed by atoms with E-state index in [4.69, 9.17) is 10.4 Å². The number of carbonyl (C=O) groups is 2. The Labute approximate surface area is 103 Å². The minimum Gasteiger partial charge on any atom is -0.480 e. The minimum atomic E-state index is -1.61. The highest BCUT2D eigenvalue weighted by Crippen LogP contribution is 2.20. The first kappa shape index (κ1) is 13.6. The number of halogens is 1. The zero-order valence-electron chi connectivity index (χ0n) is 9.82. The lowest BCUT2D eigenvalue weighted by Gasteiger charge is -2.18. The molecule has 0 fully saturated rings. The summed E-state index contributed by atoms with van der Waals surface area (Å²) in [5.41, 5.74) is -1.66. The topological polar surface area (TPSA) is 90.2 Å². The van der Waals surface area contributed by atoms with Gasteiger partial charge in [0.05, 0.1) is 5.56 Å². The minimum absolute atomic E-state index is 0.173. The maximum absolute atomic E-state index is 13.0. The molecule has 0 heterocycles. The van der Waals surface area contributed by atoms with Gasteiger partial charge in [0, 0.05) is 5.69 Å². The highest BCUT2D eigenvalue weighted by atomic mass is 19.1. The van der Waals surface area contributed by atoms with Gasteiger partial charge in [-0.25, -0.2) is 4.39 Å². The standard InChI is InChI=1S/C12H11FN2O3/c1-12(2,11(17)18)10(16)15-8-3-4-9(13)7(5-8)6-14/h3-5H,1-2H3,(H,15,16)(H,17,18). The first-order chi connectivity index (χ1) is 8.28. The summed E-state index contributed by atoms with van der Waals surface area (Å²) in [5.74, 6) is -2.72. The van der Waals surface area contributed by atoms with Crippen LogP contribution in [0, 0.1) is 22.6 Å². The second-order valence-electron chi connectivity index (χ2n) is 4.19. The summed E-state index contributed by atoms with van der Waals surface area (Å²) >= 11 is 0. The van der Waals surface area contributed by atoms with Crippen LogP contribution in [0.1, 0.15) is 19.4 Å². The lowest BCUT2D eigenvalue weighted by molar-refractivity contribution is -0.151. The molecule has 0 saturated heterocycles. The lowest BCUT2D eigenvalue weighted by Crippen LogP contribution is -2.37. The Balaban J connectivity index is 2.97. The number of carboxylic acids is 1. The summed E-state index contributed by atoms with van der Waals surface area (Å²) < 4.78 is 13.0. The summed E-state index contributed by atoms with van der Waals surface area (Å²) in [7, 11) is 0. The number of carbonyl (C=O) groups excluding carboxylic acids is 1. The Hall–Kier alpha value is -2.42. The normalized spacial score (nSPS) is 10.6. The summed E-state index contributed by atoms with van der Waals surface area (Å²) in [5, 5.41) is 19.8. The van der Waals surface area contributed by atoms with E-state index in [-0.39, 0.29) is 11.3 Å². The molecule has 1 aromatic carbocycles. The van der Waals surface area contributed by atoms with Crippen LogP contribution in [-0.4, -0.2) is 17.0 Å². The third kappa shape index (κ3) is 2.63. The molecule has 1 rings (SSSR count). The fraction of sp³-hybridized carbons (Fsp3) is 0.250. The van der Waals surface area contributed by atoms with Gasteiger partial charge >= 0.3 is 5.97 Å². The number of amides is 1. The van der Waals surface area contributed by atoms with Gasteiger partial charge in [-0.1, -0.05) is 0 Å². The molecular weight excluding hydrogens is 239 g/mol. The number of benzene rings is 1. The van der Waals surface area contributed by atoms with E-state index in [2.05, 4.69) is 5.32 Å². The number of nitrogens with zero attached hydrogens (tertiary/aromatic N) is 1.